The molecule has 0 radical (unpaired) electrons. The molecule has 4 nitrogen and oxygen atoms in total. The normalized spacial score (nSPS) is 21.3. The van der Waals surface area contributed by atoms with Gasteiger partial charge in [-0.2, -0.15) is 0 Å². The summed E-state index contributed by atoms with van der Waals surface area (Å²) in [7, 11) is 0. The second-order valence-electron chi connectivity index (χ2n) is 5.35. The van der Waals surface area contributed by atoms with E-state index < -0.39 is 11.8 Å². The highest BCUT2D eigenvalue weighted by Crippen LogP contribution is 2.25. The highest BCUT2D eigenvalue weighted by atomic mass is 19.1. The van der Waals surface area contributed by atoms with Crippen LogP contribution in [0, 0.1) is 0 Å². The highest BCUT2D eigenvalue weighted by molar-refractivity contribution is 6.21. The highest BCUT2D eigenvalue weighted by Gasteiger charge is 2.35. The number of fused-ring (bicyclic) bond motifs is 1. The third-order valence-corrected chi connectivity index (χ3v) is 3.99. The molecule has 2 heterocycles. The Morgan fingerprint density at radius 1 is 1.10 bits per heavy atom. The first kappa shape index (κ1) is 13.9. The number of hydrogen-bond donors (Lipinski definition) is 1. The minimum atomic E-state index is -0.405. The van der Waals surface area contributed by atoms with Crippen LogP contribution in [0.4, 0.5) is 4.39 Å². The van der Waals surface area contributed by atoms with Crippen LogP contribution in [-0.4, -0.2) is 36.3 Å². The Hall–Kier alpha value is -2.01. The number of halogens is 1. The van der Waals surface area contributed by atoms with Gasteiger partial charge in [0.2, 0.25) is 0 Å². The van der Waals surface area contributed by atoms with Gasteiger partial charge in [0.25, 0.3) is 11.8 Å². The fourth-order valence-corrected chi connectivity index (χ4v) is 2.82. The number of rotatable bonds is 2. The van der Waals surface area contributed by atoms with Gasteiger partial charge in [-0.3, -0.25) is 14.5 Å². The van der Waals surface area contributed by atoms with Gasteiger partial charge >= 0.3 is 0 Å². The number of imide groups is 1. The molecule has 0 saturated carbocycles. The number of nitrogens with zero attached hydrogens (tertiary/aromatic N) is 1. The van der Waals surface area contributed by atoms with Crippen LogP contribution in [0.3, 0.4) is 0 Å². The van der Waals surface area contributed by atoms with Gasteiger partial charge in [0.05, 0.1) is 17.7 Å². The molecule has 21 heavy (non-hydrogen) atoms. The van der Waals surface area contributed by atoms with Crippen LogP contribution in [0.2, 0.25) is 0 Å². The van der Waals surface area contributed by atoms with Crippen LogP contribution in [-0.2, 0) is 0 Å². The Bertz CT molecular complexity index is 579. The number of nitrogens with one attached hydrogen (secondary N) is 1. The largest absolute Gasteiger partial charge is 0.316 e. The maximum atomic E-state index is 14.4. The smallest absolute Gasteiger partial charge is 0.261 e. The Morgan fingerprint density at radius 2 is 1.76 bits per heavy atom. The third-order valence-electron chi connectivity index (χ3n) is 3.99. The van der Waals surface area contributed by atoms with Gasteiger partial charge < -0.3 is 5.32 Å². The first-order chi connectivity index (χ1) is 10.2. The van der Waals surface area contributed by atoms with Crippen molar-refractivity contribution in [2.45, 2.75) is 19.3 Å². The third kappa shape index (κ3) is 2.61. The SMILES string of the molecule is O=C1c2ccccc2C(=O)N1CC(F)=C1CCCNCC1. The topological polar surface area (TPSA) is 49.4 Å². The average molecular weight is 288 g/mol. The van der Waals surface area contributed by atoms with Crippen molar-refractivity contribution in [2.75, 3.05) is 19.6 Å². The van der Waals surface area contributed by atoms with Gasteiger partial charge in [-0.15, -0.1) is 0 Å². The molecule has 110 valence electrons. The summed E-state index contributed by atoms with van der Waals surface area (Å²) < 4.78 is 14.4. The molecular formula is C16H17FN2O2. The number of carbonyl (C=O) groups is 2. The van der Waals surface area contributed by atoms with E-state index in [1.165, 1.54) is 0 Å². The fraction of sp³-hybridized carbons (Fsp3) is 0.375. The summed E-state index contributed by atoms with van der Waals surface area (Å²) in [5.41, 5.74) is 1.45. The Labute approximate surface area is 122 Å². The molecule has 1 aromatic rings. The van der Waals surface area contributed by atoms with E-state index in [0.29, 0.717) is 24.0 Å². The minimum Gasteiger partial charge on any atom is -0.316 e. The van der Waals surface area contributed by atoms with E-state index in [-0.39, 0.29) is 12.4 Å². The summed E-state index contributed by atoms with van der Waals surface area (Å²) in [6.07, 6.45) is 2.20. The first-order valence-electron chi connectivity index (χ1n) is 7.21. The van der Waals surface area contributed by atoms with E-state index in [2.05, 4.69) is 5.32 Å². The zero-order chi connectivity index (χ0) is 14.8. The summed E-state index contributed by atoms with van der Waals surface area (Å²) in [5, 5.41) is 3.21. The van der Waals surface area contributed by atoms with Crippen LogP contribution in [0.15, 0.2) is 35.7 Å². The number of carbonyl (C=O) groups excluding carboxylic acids is 2. The number of hydrogen-bond acceptors (Lipinski definition) is 3. The quantitative estimate of drug-likeness (QED) is 0.849. The van der Waals surface area contributed by atoms with Crippen molar-refractivity contribution < 1.29 is 14.0 Å². The second kappa shape index (κ2) is 5.77. The summed E-state index contributed by atoms with van der Waals surface area (Å²) in [4.78, 5) is 25.4. The van der Waals surface area contributed by atoms with E-state index in [9.17, 15) is 14.0 Å². The number of benzene rings is 1. The lowest BCUT2D eigenvalue weighted by Crippen LogP contribution is -2.31. The van der Waals surface area contributed by atoms with E-state index in [4.69, 9.17) is 0 Å². The van der Waals surface area contributed by atoms with Gasteiger partial charge in [-0.05, 0) is 50.1 Å². The lowest BCUT2D eigenvalue weighted by Gasteiger charge is -2.14. The molecule has 0 unspecified atom stereocenters. The predicted octanol–water partition coefficient (Wildman–Crippen LogP) is 2.28. The van der Waals surface area contributed by atoms with Crippen molar-refractivity contribution >= 4 is 11.8 Å². The molecule has 5 heteroatoms. The van der Waals surface area contributed by atoms with Crippen molar-refractivity contribution in [2.24, 2.45) is 0 Å². The number of amides is 2. The summed E-state index contributed by atoms with van der Waals surface area (Å²) in [6.45, 7) is 1.37. The molecule has 0 aliphatic carbocycles. The summed E-state index contributed by atoms with van der Waals surface area (Å²) in [6, 6.07) is 6.63. The average Bonchev–Trinajstić information content (AvgIpc) is 2.72. The molecule has 2 aliphatic heterocycles. The van der Waals surface area contributed by atoms with Gasteiger partial charge in [0.15, 0.2) is 0 Å². The van der Waals surface area contributed by atoms with Crippen molar-refractivity contribution in [3.63, 3.8) is 0 Å². The molecule has 1 aromatic carbocycles. The zero-order valence-electron chi connectivity index (χ0n) is 11.7. The van der Waals surface area contributed by atoms with Crippen LogP contribution < -0.4 is 5.32 Å². The molecule has 0 spiro atoms. The van der Waals surface area contributed by atoms with Crippen LogP contribution >= 0.6 is 0 Å². The maximum Gasteiger partial charge on any atom is 0.261 e. The van der Waals surface area contributed by atoms with Gasteiger partial charge in [0.1, 0.15) is 5.83 Å². The molecule has 1 saturated heterocycles. The predicted molar refractivity (Wildman–Crippen MR) is 76.7 cm³/mol. The molecule has 2 aliphatic rings. The van der Waals surface area contributed by atoms with E-state index in [0.717, 1.165) is 30.0 Å². The lowest BCUT2D eigenvalue weighted by atomic mass is 10.1. The molecule has 1 N–H and O–H groups in total. The van der Waals surface area contributed by atoms with Crippen molar-refractivity contribution in [1.29, 1.82) is 0 Å². The Morgan fingerprint density at radius 3 is 2.43 bits per heavy atom. The van der Waals surface area contributed by atoms with Crippen molar-refractivity contribution in [1.82, 2.24) is 10.2 Å². The molecule has 0 bridgehead atoms. The van der Waals surface area contributed by atoms with Gasteiger partial charge in [-0.25, -0.2) is 4.39 Å². The maximum absolute atomic E-state index is 14.4. The molecule has 0 atom stereocenters. The Balaban J connectivity index is 1.81. The lowest BCUT2D eigenvalue weighted by molar-refractivity contribution is 0.0659. The fourth-order valence-electron chi connectivity index (χ4n) is 2.82. The molecular weight excluding hydrogens is 271 g/mol. The Kier molecular flexibility index (Phi) is 3.84. The first-order valence-corrected chi connectivity index (χ1v) is 7.21. The van der Waals surface area contributed by atoms with Crippen LogP contribution in [0.5, 0.6) is 0 Å². The monoisotopic (exact) mass is 288 g/mol. The minimum absolute atomic E-state index is 0.248. The molecule has 1 fully saturated rings. The standard InChI is InChI=1S/C16H17FN2O2/c17-14(11-4-3-8-18-9-7-11)10-19-15(20)12-5-1-2-6-13(12)16(19)21/h1-2,5-6,18H,3-4,7-10H2. The summed E-state index contributed by atoms with van der Waals surface area (Å²) in [5.74, 6) is -1.15. The molecule has 3 rings (SSSR count). The van der Waals surface area contributed by atoms with E-state index in [1.807, 2.05) is 0 Å². The van der Waals surface area contributed by atoms with Gasteiger partial charge in [0, 0.05) is 0 Å². The molecule has 2 amide bonds. The van der Waals surface area contributed by atoms with Crippen molar-refractivity contribution in [3.8, 4) is 0 Å². The molecule has 0 aromatic heterocycles. The zero-order valence-corrected chi connectivity index (χ0v) is 11.7. The van der Waals surface area contributed by atoms with Gasteiger partial charge in [-0.1, -0.05) is 12.1 Å². The van der Waals surface area contributed by atoms with Crippen LogP contribution in [0.25, 0.3) is 0 Å². The van der Waals surface area contributed by atoms with E-state index in [1.54, 1.807) is 24.3 Å². The van der Waals surface area contributed by atoms with Crippen molar-refractivity contribution in [3.05, 3.63) is 46.8 Å². The second-order valence-corrected chi connectivity index (χ2v) is 5.35. The van der Waals surface area contributed by atoms with Crippen LogP contribution in [0.1, 0.15) is 40.0 Å². The van der Waals surface area contributed by atoms with E-state index >= 15 is 0 Å². The summed E-state index contributed by atoms with van der Waals surface area (Å²) >= 11 is 0.